The first-order valence-electron chi connectivity index (χ1n) is 33.6. The minimum atomic E-state index is -1.66. The van der Waals surface area contributed by atoms with E-state index in [2.05, 4.69) is 71.4 Å². The van der Waals surface area contributed by atoms with Crippen LogP contribution in [0.2, 0.25) is 0 Å². The number of aliphatic hydroxyl groups is 2. The Kier molecular flexibility index (Phi) is 29.1. The standard InChI is InChI=1S/C69H99N13O16/c1-9-41-34-81-23-20-42-28-58(94-5)60(96-7)31-47(42)55(81)26-44(41)27-56-48-32-61(97-8)59(95-6)29-43(48)21-24-82(56)69(93)98-37-40-14-16-45(17-15-40)74-68(92)78-49(18-19-62(71)86)63(87)64(88)52(25-39(3)4)76-65(89)50(13-11-12-22-70)75-66(90)53(35-83)77-67(91)54(36-84)80-79-51(57(85)10-2)30-46-33-72-38-73-46/h14-17,28-29,31-33,38-39,41,44,49-56,79-80,83-84H,9-13,18-27,30,34-37,70H2,1-8H3,(H2,71,86)(H,72,73)(H,75,90)(H,76,89)(H,77,91)(H2,74,78,92)/t41?,44?,49-,50-,51-,52-,53-,54-,55?,56?/m0/s1. The number of methoxy groups -OCH3 is 4. The fraction of sp³-hybridized carbons (Fsp3) is 0.565. The summed E-state index contributed by atoms with van der Waals surface area (Å²) in [4.78, 5) is 134. The molecule has 4 heterocycles. The molecule has 3 aliphatic heterocycles. The zero-order valence-electron chi connectivity index (χ0n) is 57.4. The number of hydrogen-bond acceptors (Lipinski definition) is 21. The fourth-order valence-corrected chi connectivity index (χ4v) is 13.2. The van der Waals surface area contributed by atoms with Crippen LogP contribution in [-0.2, 0) is 64.2 Å². The highest BCUT2D eigenvalue weighted by atomic mass is 16.6. The van der Waals surface area contributed by atoms with Crippen molar-refractivity contribution in [2.45, 2.75) is 166 Å². The molecule has 7 rings (SSSR count). The zero-order chi connectivity index (χ0) is 71.2. The molecule has 98 heavy (non-hydrogen) atoms. The van der Waals surface area contributed by atoms with Gasteiger partial charge in [-0.15, -0.1) is 0 Å². The molecule has 1 saturated heterocycles. The number of imidazole rings is 1. The molecule has 14 N–H and O–H groups in total. The van der Waals surface area contributed by atoms with E-state index in [-0.39, 0.29) is 80.6 Å². The fourth-order valence-electron chi connectivity index (χ4n) is 13.2. The van der Waals surface area contributed by atoms with Gasteiger partial charge in [0.15, 0.2) is 28.8 Å². The lowest BCUT2D eigenvalue weighted by Crippen LogP contribution is -2.61. The number of fused-ring (bicyclic) bond motifs is 4. The molecule has 4 unspecified atom stereocenters. The number of anilines is 1. The largest absolute Gasteiger partial charge is 0.493 e. The van der Waals surface area contributed by atoms with Crippen LogP contribution in [0, 0.1) is 17.8 Å². The Morgan fingerprint density at radius 3 is 1.89 bits per heavy atom. The number of ketones is 3. The van der Waals surface area contributed by atoms with Crippen molar-refractivity contribution in [3.05, 3.63) is 94.6 Å². The SMILES string of the molecule is CCC(=O)[C@H](Cc1c[nH]cn1)NN[C@@H](CO)C(=O)N[C@@H](CO)C(=O)N[C@@H](CCCCN)C(=O)N[C@@H](CC(C)C)C(=O)C(=O)[C@H](CCC(N)=O)NC(=O)Nc1ccc(COC(=O)N2CCc3cc(OC)c(OC)cc3C2CC2CC3c4cc(OC)c(OC)cc4CCN3CC2CC)cc1. The number of aromatic amines is 1. The van der Waals surface area contributed by atoms with Crippen LogP contribution >= 0.6 is 0 Å². The number of unbranched alkanes of at least 4 members (excludes halogenated alkanes) is 1. The van der Waals surface area contributed by atoms with Gasteiger partial charge in [0.25, 0.3) is 0 Å². The second-order valence-corrected chi connectivity index (χ2v) is 25.5. The van der Waals surface area contributed by atoms with Gasteiger partial charge in [-0.05, 0) is 146 Å². The maximum absolute atomic E-state index is 14.5. The Hall–Kier alpha value is -8.74. The number of Topliss-reactive ketones (excluding diaryl/α,β-unsaturated/α-hetero) is 3. The normalized spacial score (nSPS) is 18.3. The van der Waals surface area contributed by atoms with Crippen LogP contribution in [-0.4, -0.2) is 187 Å². The van der Waals surface area contributed by atoms with Crippen molar-refractivity contribution in [3.63, 3.8) is 0 Å². The molecule has 10 atom stereocenters. The summed E-state index contributed by atoms with van der Waals surface area (Å²) in [6.45, 7) is 7.95. The molecule has 3 aliphatic rings. The third kappa shape index (κ3) is 20.4. The van der Waals surface area contributed by atoms with Crippen molar-refractivity contribution < 1.29 is 77.0 Å². The lowest BCUT2D eigenvalue weighted by molar-refractivity contribution is -0.140. The van der Waals surface area contributed by atoms with Crippen LogP contribution < -0.4 is 67.9 Å². The van der Waals surface area contributed by atoms with Crippen molar-refractivity contribution >= 4 is 58.8 Å². The molecule has 0 spiro atoms. The van der Waals surface area contributed by atoms with E-state index in [1.807, 2.05) is 17.0 Å². The van der Waals surface area contributed by atoms with E-state index in [0.29, 0.717) is 72.4 Å². The minimum absolute atomic E-state index is 0.0354. The Balaban J connectivity index is 0.989. The molecule has 0 bridgehead atoms. The predicted octanol–water partition coefficient (Wildman–Crippen LogP) is 3.28. The van der Waals surface area contributed by atoms with Gasteiger partial charge < -0.3 is 81.8 Å². The van der Waals surface area contributed by atoms with Crippen LogP contribution in [0.5, 0.6) is 23.0 Å². The first-order chi connectivity index (χ1) is 47.1. The molecule has 29 nitrogen and oxygen atoms in total. The summed E-state index contributed by atoms with van der Waals surface area (Å²) in [5, 5.41) is 33.0. The number of urea groups is 1. The number of piperidine rings is 1. The van der Waals surface area contributed by atoms with Crippen molar-refractivity contribution in [1.29, 1.82) is 0 Å². The van der Waals surface area contributed by atoms with Crippen molar-refractivity contribution in [2.75, 3.05) is 73.1 Å². The summed E-state index contributed by atoms with van der Waals surface area (Å²) in [5.74, 6) is -3.37. The number of amides is 7. The topological polar surface area (TPSA) is 412 Å². The number of aliphatic hydroxyl groups excluding tert-OH is 2. The highest BCUT2D eigenvalue weighted by Gasteiger charge is 2.43. The summed E-state index contributed by atoms with van der Waals surface area (Å²) >= 11 is 0. The number of benzene rings is 3. The van der Waals surface area contributed by atoms with E-state index in [4.69, 9.17) is 35.2 Å². The van der Waals surface area contributed by atoms with Crippen molar-refractivity contribution in [3.8, 4) is 23.0 Å². The summed E-state index contributed by atoms with van der Waals surface area (Å²) in [5.41, 5.74) is 22.5. The van der Waals surface area contributed by atoms with Gasteiger partial charge in [0.2, 0.25) is 35.2 Å². The second-order valence-electron chi connectivity index (χ2n) is 25.5. The maximum atomic E-state index is 14.5. The summed E-state index contributed by atoms with van der Waals surface area (Å²) in [7, 11) is 6.49. The smallest absolute Gasteiger partial charge is 0.410 e. The lowest BCUT2D eigenvalue weighted by Gasteiger charge is -2.49. The van der Waals surface area contributed by atoms with Gasteiger partial charge in [-0.3, -0.25) is 38.5 Å². The average molecular weight is 1370 g/mol. The van der Waals surface area contributed by atoms with Gasteiger partial charge >= 0.3 is 12.1 Å². The van der Waals surface area contributed by atoms with Crippen molar-refractivity contribution in [1.82, 2.24) is 51.9 Å². The van der Waals surface area contributed by atoms with E-state index in [9.17, 15) is 53.4 Å². The number of carbonyl (C=O) groups excluding carboxylic acids is 9. The first kappa shape index (κ1) is 76.6. The number of carbonyl (C=O) groups is 9. The van der Waals surface area contributed by atoms with Gasteiger partial charge in [-0.25, -0.2) is 25.4 Å². The zero-order valence-corrected chi connectivity index (χ0v) is 57.4. The molecule has 536 valence electrons. The minimum Gasteiger partial charge on any atom is -0.493 e. The van der Waals surface area contributed by atoms with Crippen LogP contribution in [0.1, 0.15) is 137 Å². The average Bonchev–Trinajstić information content (AvgIpc) is 0.837. The molecule has 0 radical (unpaired) electrons. The number of aromatic nitrogens is 2. The van der Waals surface area contributed by atoms with E-state index in [0.717, 1.165) is 43.5 Å². The maximum Gasteiger partial charge on any atom is 0.410 e. The molecule has 1 aromatic heterocycles. The molecular weight excluding hydrogens is 1270 g/mol. The molecule has 0 aliphatic carbocycles. The van der Waals surface area contributed by atoms with E-state index < -0.39 is 103 Å². The Morgan fingerprint density at radius 1 is 0.694 bits per heavy atom. The Labute approximate surface area is 571 Å². The second kappa shape index (κ2) is 37.3. The first-order valence-corrected chi connectivity index (χ1v) is 33.6. The van der Waals surface area contributed by atoms with Crippen LogP contribution in [0.3, 0.4) is 0 Å². The number of hydrogen-bond donors (Lipinski definition) is 12. The van der Waals surface area contributed by atoms with Crippen LogP contribution in [0.15, 0.2) is 61.1 Å². The van der Waals surface area contributed by atoms with E-state index in [1.165, 1.54) is 17.5 Å². The number of H-pyrrole nitrogens is 1. The van der Waals surface area contributed by atoms with Crippen LogP contribution in [0.25, 0.3) is 0 Å². The van der Waals surface area contributed by atoms with Gasteiger partial charge in [0.05, 0.1) is 77.8 Å². The Morgan fingerprint density at radius 2 is 1.29 bits per heavy atom. The van der Waals surface area contributed by atoms with E-state index in [1.54, 1.807) is 79.7 Å². The summed E-state index contributed by atoms with van der Waals surface area (Å²) < 4.78 is 29.1. The number of ether oxygens (including phenoxy) is 5. The number of nitrogens with zero attached hydrogens (tertiary/aromatic N) is 3. The van der Waals surface area contributed by atoms with Gasteiger partial charge in [0, 0.05) is 56.8 Å². The van der Waals surface area contributed by atoms with Crippen molar-refractivity contribution in [2.24, 2.45) is 29.2 Å². The quantitative estimate of drug-likeness (QED) is 0.0174. The number of nitrogens with one attached hydrogen (secondary N) is 8. The summed E-state index contributed by atoms with van der Waals surface area (Å²) in [6, 6.07) is 5.03. The molecule has 4 aromatic rings. The van der Waals surface area contributed by atoms with Crippen LogP contribution in [0.4, 0.5) is 15.3 Å². The number of nitrogens with two attached hydrogens (primary N) is 2. The van der Waals surface area contributed by atoms with Gasteiger partial charge in [-0.2, -0.15) is 0 Å². The monoisotopic (exact) mass is 1370 g/mol. The summed E-state index contributed by atoms with van der Waals surface area (Å²) in [6.07, 6.45) is 6.58. The molecule has 3 aromatic carbocycles. The van der Waals surface area contributed by atoms with Gasteiger partial charge in [0.1, 0.15) is 24.7 Å². The van der Waals surface area contributed by atoms with Gasteiger partial charge in [-0.1, -0.05) is 46.2 Å². The predicted molar refractivity (Wildman–Crippen MR) is 362 cm³/mol. The third-order valence-corrected chi connectivity index (χ3v) is 18.6. The number of rotatable bonds is 38. The Bertz CT molecular complexity index is 3370. The molecule has 7 amide bonds. The molecule has 0 saturated carbocycles. The highest BCUT2D eigenvalue weighted by Crippen LogP contribution is 2.49. The molecular formula is C69H99N13O16. The highest BCUT2D eigenvalue weighted by molar-refractivity contribution is 6.41. The molecule has 1 fully saturated rings. The lowest BCUT2D eigenvalue weighted by atomic mass is 9.72. The third-order valence-electron chi connectivity index (χ3n) is 18.6. The van der Waals surface area contributed by atoms with E-state index >= 15 is 0 Å². The number of primary amides is 1. The molecule has 29 heteroatoms. The number of hydrazine groups is 1.